The molecule has 0 aliphatic rings. The van der Waals surface area contributed by atoms with E-state index in [1.165, 1.54) is 11.1 Å². The van der Waals surface area contributed by atoms with Crippen molar-refractivity contribution in [3.8, 4) is 17.6 Å². The third kappa shape index (κ3) is 8.23. The molecule has 198 valence electrons. The first-order valence-corrected chi connectivity index (χ1v) is 13.2. The number of hydrogen-bond acceptors (Lipinski definition) is 8. The maximum absolute atomic E-state index is 12.3. The molecule has 1 N–H and O–H groups in total. The molecule has 0 atom stereocenters. The lowest BCUT2D eigenvalue weighted by Crippen LogP contribution is -2.12. The monoisotopic (exact) mass is 540 g/mol. The summed E-state index contributed by atoms with van der Waals surface area (Å²) in [5.74, 6) is 1.25. The number of rotatable bonds is 12. The molecule has 3 aromatic carbocycles. The van der Waals surface area contributed by atoms with Crippen molar-refractivity contribution < 1.29 is 19.0 Å². The van der Waals surface area contributed by atoms with Crippen molar-refractivity contribution in [1.29, 1.82) is 5.26 Å². The Balaban J connectivity index is 1.21. The molecule has 39 heavy (non-hydrogen) atoms. The van der Waals surface area contributed by atoms with E-state index in [0.29, 0.717) is 53.5 Å². The van der Waals surface area contributed by atoms with Crippen molar-refractivity contribution in [3.63, 3.8) is 0 Å². The van der Waals surface area contributed by atoms with Gasteiger partial charge < -0.3 is 14.2 Å². The van der Waals surface area contributed by atoms with Crippen LogP contribution in [0.15, 0.2) is 72.8 Å². The lowest BCUT2D eigenvalue weighted by Gasteiger charge is -2.10. The summed E-state index contributed by atoms with van der Waals surface area (Å²) in [5.41, 5.74) is 4.11. The third-order valence-corrected chi connectivity index (χ3v) is 6.57. The fraction of sp³-hybridized carbons (Fsp3) is 0.200. The number of ether oxygens (including phenoxy) is 3. The summed E-state index contributed by atoms with van der Waals surface area (Å²) in [6, 6.07) is 24.4. The van der Waals surface area contributed by atoms with E-state index in [4.69, 9.17) is 14.2 Å². The fourth-order valence-electron chi connectivity index (χ4n) is 3.45. The van der Waals surface area contributed by atoms with Gasteiger partial charge in [0.1, 0.15) is 30.8 Å². The molecular formula is C30H28N4O4S. The van der Waals surface area contributed by atoms with Crippen molar-refractivity contribution in [2.75, 3.05) is 31.7 Å². The van der Waals surface area contributed by atoms with Gasteiger partial charge in [0.15, 0.2) is 5.01 Å². The van der Waals surface area contributed by atoms with Crippen molar-refractivity contribution in [2.45, 2.75) is 13.8 Å². The zero-order chi connectivity index (χ0) is 27.5. The second-order valence-corrected chi connectivity index (χ2v) is 9.50. The van der Waals surface area contributed by atoms with E-state index in [1.54, 1.807) is 30.3 Å². The minimum absolute atomic E-state index is 0.285. The number of carbonyl (C=O) groups excluding carboxylic acids is 1. The minimum atomic E-state index is -0.285. The van der Waals surface area contributed by atoms with Gasteiger partial charge in [-0.2, -0.15) is 5.26 Å². The number of aromatic nitrogens is 2. The van der Waals surface area contributed by atoms with Crippen LogP contribution in [0.25, 0.3) is 11.6 Å². The first kappa shape index (κ1) is 27.5. The number of benzene rings is 3. The van der Waals surface area contributed by atoms with E-state index in [2.05, 4.69) is 35.4 Å². The molecule has 1 heterocycles. The van der Waals surface area contributed by atoms with Crippen LogP contribution >= 0.6 is 11.3 Å². The molecule has 4 aromatic rings. The predicted octanol–water partition coefficient (Wildman–Crippen LogP) is 5.95. The van der Waals surface area contributed by atoms with Crippen LogP contribution in [0.4, 0.5) is 5.13 Å². The Hall–Kier alpha value is -4.52. The van der Waals surface area contributed by atoms with Crippen LogP contribution in [0.1, 0.15) is 32.1 Å². The third-order valence-electron chi connectivity index (χ3n) is 5.69. The SMILES string of the molecule is Cc1ccc(OCCOCCOc2ccc(/C=C(\C#N)c3nnc(NC(=O)c4ccccc4)s3)cc2)cc1C. The molecule has 9 heteroatoms. The zero-order valence-electron chi connectivity index (χ0n) is 21.7. The first-order chi connectivity index (χ1) is 19.0. The van der Waals surface area contributed by atoms with E-state index >= 15 is 0 Å². The molecule has 0 fully saturated rings. The molecule has 1 aromatic heterocycles. The number of nitriles is 1. The van der Waals surface area contributed by atoms with Gasteiger partial charge in [0.25, 0.3) is 5.91 Å². The Morgan fingerprint density at radius 3 is 2.28 bits per heavy atom. The summed E-state index contributed by atoms with van der Waals surface area (Å²) in [6.45, 7) is 5.93. The molecule has 0 aliphatic heterocycles. The lowest BCUT2D eigenvalue weighted by molar-refractivity contribution is 0.0764. The molecule has 0 aliphatic carbocycles. The van der Waals surface area contributed by atoms with E-state index in [1.807, 2.05) is 48.5 Å². The van der Waals surface area contributed by atoms with Crippen LogP contribution in [0.5, 0.6) is 11.5 Å². The van der Waals surface area contributed by atoms with Crippen LogP contribution in [0, 0.1) is 25.2 Å². The highest BCUT2D eigenvalue weighted by Crippen LogP contribution is 2.25. The van der Waals surface area contributed by atoms with Crippen molar-refractivity contribution in [2.24, 2.45) is 0 Å². The van der Waals surface area contributed by atoms with Gasteiger partial charge >= 0.3 is 0 Å². The standard InChI is InChI=1S/C30H28N4O4S/c1-21-8-11-27(18-22(21)2)38-17-15-36-14-16-37-26-12-9-23(10-13-26)19-25(20-31)29-33-34-30(39-29)32-28(35)24-6-4-3-5-7-24/h3-13,18-19H,14-17H2,1-2H3,(H,32,34,35)/b25-19+. The number of amides is 1. The Kier molecular flexibility index (Phi) is 9.78. The van der Waals surface area contributed by atoms with E-state index in [9.17, 15) is 10.1 Å². The van der Waals surface area contributed by atoms with Crippen LogP contribution in [0.2, 0.25) is 0 Å². The highest BCUT2D eigenvalue weighted by molar-refractivity contribution is 7.16. The second kappa shape index (κ2) is 13.9. The largest absolute Gasteiger partial charge is 0.491 e. The predicted molar refractivity (Wildman–Crippen MR) is 152 cm³/mol. The minimum Gasteiger partial charge on any atom is -0.491 e. The summed E-state index contributed by atoms with van der Waals surface area (Å²) in [4.78, 5) is 12.3. The van der Waals surface area contributed by atoms with Crippen LogP contribution < -0.4 is 14.8 Å². The normalized spacial score (nSPS) is 11.1. The number of nitrogens with zero attached hydrogens (tertiary/aromatic N) is 3. The van der Waals surface area contributed by atoms with Gasteiger partial charge in [-0.05, 0) is 73.0 Å². The highest BCUT2D eigenvalue weighted by atomic mass is 32.1. The van der Waals surface area contributed by atoms with Gasteiger partial charge in [-0.15, -0.1) is 10.2 Å². The van der Waals surface area contributed by atoms with Gasteiger partial charge in [-0.25, -0.2) is 0 Å². The average Bonchev–Trinajstić information content (AvgIpc) is 3.42. The molecule has 8 nitrogen and oxygen atoms in total. The number of aryl methyl sites for hydroxylation is 2. The molecule has 0 radical (unpaired) electrons. The van der Waals surface area contributed by atoms with Crippen molar-refractivity contribution in [3.05, 3.63) is 100 Å². The number of anilines is 1. The maximum Gasteiger partial charge on any atom is 0.257 e. The summed E-state index contributed by atoms with van der Waals surface area (Å²) in [5, 5.41) is 21.1. The van der Waals surface area contributed by atoms with Crippen molar-refractivity contribution in [1.82, 2.24) is 10.2 Å². The van der Waals surface area contributed by atoms with Gasteiger partial charge in [0, 0.05) is 5.56 Å². The van der Waals surface area contributed by atoms with Crippen molar-refractivity contribution >= 4 is 34.0 Å². The highest BCUT2D eigenvalue weighted by Gasteiger charge is 2.13. The molecule has 4 rings (SSSR count). The summed E-state index contributed by atoms with van der Waals surface area (Å²) in [6.07, 6.45) is 1.71. The van der Waals surface area contributed by atoms with E-state index in [0.717, 1.165) is 22.6 Å². The number of carbonyl (C=O) groups is 1. The van der Waals surface area contributed by atoms with Crippen LogP contribution in [-0.4, -0.2) is 42.5 Å². The topological polar surface area (TPSA) is 106 Å². The molecule has 0 bridgehead atoms. The molecule has 0 saturated heterocycles. The average molecular weight is 541 g/mol. The summed E-state index contributed by atoms with van der Waals surface area (Å²) < 4.78 is 17.0. The molecule has 1 amide bonds. The van der Waals surface area contributed by atoms with Gasteiger partial charge in [0.2, 0.25) is 5.13 Å². The second-order valence-electron chi connectivity index (χ2n) is 8.53. The number of hydrogen-bond donors (Lipinski definition) is 1. The molecule has 0 unspecified atom stereocenters. The number of nitrogens with one attached hydrogen (secondary N) is 1. The van der Waals surface area contributed by atoms with Gasteiger partial charge in [-0.1, -0.05) is 47.7 Å². The molecular weight excluding hydrogens is 512 g/mol. The summed E-state index contributed by atoms with van der Waals surface area (Å²) >= 11 is 1.14. The lowest BCUT2D eigenvalue weighted by atomic mass is 10.1. The van der Waals surface area contributed by atoms with E-state index < -0.39 is 0 Å². The van der Waals surface area contributed by atoms with Crippen LogP contribution in [-0.2, 0) is 4.74 Å². The van der Waals surface area contributed by atoms with Gasteiger partial charge in [-0.3, -0.25) is 10.1 Å². The smallest absolute Gasteiger partial charge is 0.257 e. The van der Waals surface area contributed by atoms with Crippen LogP contribution in [0.3, 0.4) is 0 Å². The Bertz CT molecular complexity index is 1460. The Morgan fingerprint density at radius 2 is 1.59 bits per heavy atom. The number of allylic oxidation sites excluding steroid dienone is 1. The van der Waals surface area contributed by atoms with Gasteiger partial charge in [0.05, 0.1) is 18.8 Å². The quantitative estimate of drug-likeness (QED) is 0.175. The fourth-order valence-corrected chi connectivity index (χ4v) is 4.16. The summed E-state index contributed by atoms with van der Waals surface area (Å²) in [7, 11) is 0. The first-order valence-electron chi connectivity index (χ1n) is 12.3. The molecule has 0 saturated carbocycles. The van der Waals surface area contributed by atoms with E-state index in [-0.39, 0.29) is 5.91 Å². The Morgan fingerprint density at radius 1 is 0.897 bits per heavy atom. The maximum atomic E-state index is 12.3. The Labute approximate surface area is 231 Å². The zero-order valence-corrected chi connectivity index (χ0v) is 22.5. The molecule has 0 spiro atoms.